The molecular weight excluding hydrogens is 360 g/mol. The molecule has 0 heterocycles. The van der Waals surface area contributed by atoms with Gasteiger partial charge in [0.25, 0.3) is 0 Å². The van der Waals surface area contributed by atoms with Crippen molar-refractivity contribution in [3.8, 4) is 0 Å². The van der Waals surface area contributed by atoms with Crippen LogP contribution in [-0.2, 0) is 14.3 Å². The van der Waals surface area contributed by atoms with Crippen LogP contribution < -0.4 is 0 Å². The molecule has 3 aliphatic rings. The highest BCUT2D eigenvalue weighted by atomic mass is 16.5. The van der Waals surface area contributed by atoms with Gasteiger partial charge in [0.15, 0.2) is 0 Å². The molecule has 3 aliphatic carbocycles. The van der Waals surface area contributed by atoms with E-state index in [1.807, 2.05) is 6.08 Å². The maximum atomic E-state index is 12.1. The Morgan fingerprint density at radius 2 is 2.00 bits per heavy atom. The van der Waals surface area contributed by atoms with E-state index in [-0.39, 0.29) is 24.9 Å². The fourth-order valence-electron chi connectivity index (χ4n) is 7.59. The van der Waals surface area contributed by atoms with Gasteiger partial charge in [0.1, 0.15) is 12.4 Å². The second kappa shape index (κ2) is 9.62. The van der Waals surface area contributed by atoms with Gasteiger partial charge >= 0.3 is 5.97 Å². The van der Waals surface area contributed by atoms with Gasteiger partial charge in [0, 0.05) is 11.5 Å². The van der Waals surface area contributed by atoms with Crippen LogP contribution in [0.3, 0.4) is 0 Å². The summed E-state index contributed by atoms with van der Waals surface area (Å²) in [5, 5.41) is 0. The lowest BCUT2D eigenvalue weighted by molar-refractivity contribution is -0.158. The average Bonchev–Trinajstić information content (AvgIpc) is 2.96. The molecule has 0 saturated heterocycles. The quantitative estimate of drug-likeness (QED) is 0.294. The van der Waals surface area contributed by atoms with Crippen LogP contribution in [0.4, 0.5) is 0 Å². The lowest BCUT2D eigenvalue weighted by Crippen LogP contribution is -2.51. The van der Waals surface area contributed by atoms with E-state index in [2.05, 4.69) is 34.3 Å². The van der Waals surface area contributed by atoms with Crippen LogP contribution >= 0.6 is 0 Å². The van der Waals surface area contributed by atoms with Crippen LogP contribution in [0, 0.1) is 40.9 Å². The standard InChI is InChI=1S/C25H38O3.CH4/c1-6-9-19-18(11-13-26)14-16(4)23-20(19)10-12-25(8-3)21(23)15-17(5)24(25)28-22(27)7-2;/h7,11,13,16-17,19-21,23-24H,2,6,8-10,12,14-15H2,1,3-5H3;1H4/b18-11-;/t16?,17?,19?,20-,21?,23?,24?,25?;/m1./s1. The van der Waals surface area contributed by atoms with Crippen molar-refractivity contribution in [1.29, 1.82) is 0 Å². The Balaban J connectivity index is 0.00000300. The molecule has 164 valence electrons. The van der Waals surface area contributed by atoms with Crippen molar-refractivity contribution < 1.29 is 14.3 Å². The van der Waals surface area contributed by atoms with Crippen molar-refractivity contribution in [1.82, 2.24) is 0 Å². The molecule has 3 nitrogen and oxygen atoms in total. The minimum Gasteiger partial charge on any atom is -0.458 e. The van der Waals surface area contributed by atoms with Gasteiger partial charge in [0.2, 0.25) is 0 Å². The Morgan fingerprint density at radius 3 is 2.59 bits per heavy atom. The van der Waals surface area contributed by atoms with Gasteiger partial charge < -0.3 is 4.74 Å². The van der Waals surface area contributed by atoms with E-state index in [9.17, 15) is 9.59 Å². The molecule has 0 aromatic carbocycles. The zero-order chi connectivity index (χ0) is 20.5. The number of carbonyl (C=O) groups excluding carboxylic acids is 2. The largest absolute Gasteiger partial charge is 0.458 e. The number of hydrogen-bond donors (Lipinski definition) is 0. The molecule has 8 atom stereocenters. The second-order valence-corrected chi connectivity index (χ2v) is 9.70. The molecule has 0 N–H and O–H groups in total. The summed E-state index contributed by atoms with van der Waals surface area (Å²) in [6.45, 7) is 12.8. The first-order chi connectivity index (χ1) is 13.4. The van der Waals surface area contributed by atoms with Crippen molar-refractivity contribution in [2.45, 2.75) is 86.2 Å². The molecule has 3 heteroatoms. The number of carbonyl (C=O) groups is 2. The highest BCUT2D eigenvalue weighted by Gasteiger charge is 2.62. The summed E-state index contributed by atoms with van der Waals surface area (Å²) in [7, 11) is 0. The van der Waals surface area contributed by atoms with Gasteiger partial charge in [0.05, 0.1) is 0 Å². The van der Waals surface area contributed by atoms with Crippen molar-refractivity contribution in [2.24, 2.45) is 40.9 Å². The lowest BCUT2D eigenvalue weighted by atomic mass is 9.49. The Morgan fingerprint density at radius 1 is 1.28 bits per heavy atom. The number of rotatable bonds is 6. The van der Waals surface area contributed by atoms with E-state index in [1.165, 1.54) is 24.5 Å². The van der Waals surface area contributed by atoms with Gasteiger partial charge in [-0.15, -0.1) is 0 Å². The summed E-state index contributed by atoms with van der Waals surface area (Å²) in [5.74, 6) is 3.21. The Hall–Kier alpha value is -1.38. The first kappa shape index (κ1) is 23.9. The van der Waals surface area contributed by atoms with Gasteiger partial charge in [-0.05, 0) is 80.1 Å². The predicted octanol–water partition coefficient (Wildman–Crippen LogP) is 6.38. The third-order valence-corrected chi connectivity index (χ3v) is 8.51. The van der Waals surface area contributed by atoms with Crippen molar-refractivity contribution in [2.75, 3.05) is 0 Å². The number of fused-ring (bicyclic) bond motifs is 3. The van der Waals surface area contributed by atoms with Gasteiger partial charge in [-0.2, -0.15) is 0 Å². The van der Waals surface area contributed by atoms with Crippen LogP contribution in [0.15, 0.2) is 24.3 Å². The van der Waals surface area contributed by atoms with Gasteiger partial charge in [-0.3, -0.25) is 4.79 Å². The van der Waals surface area contributed by atoms with Gasteiger partial charge in [-0.1, -0.05) is 53.7 Å². The number of esters is 1. The van der Waals surface area contributed by atoms with Crippen LogP contribution in [0.25, 0.3) is 0 Å². The van der Waals surface area contributed by atoms with E-state index < -0.39 is 0 Å². The smallest absolute Gasteiger partial charge is 0.330 e. The SMILES string of the molecule is C.C=CC(=O)OC1C(C)CC2C3C(C)C/C(=C/C=O)C(CCC)[C@H]3CCC21CC. The third kappa shape index (κ3) is 3.99. The summed E-state index contributed by atoms with van der Waals surface area (Å²) in [6, 6.07) is 0. The highest BCUT2D eigenvalue weighted by molar-refractivity contribution is 5.81. The Labute approximate surface area is 178 Å². The van der Waals surface area contributed by atoms with Crippen molar-refractivity contribution in [3.05, 3.63) is 24.3 Å². The summed E-state index contributed by atoms with van der Waals surface area (Å²) in [4.78, 5) is 23.3. The maximum absolute atomic E-state index is 12.1. The van der Waals surface area contributed by atoms with Crippen LogP contribution in [0.5, 0.6) is 0 Å². The fourth-order valence-corrected chi connectivity index (χ4v) is 7.59. The highest BCUT2D eigenvalue weighted by Crippen LogP contribution is 2.65. The van der Waals surface area contributed by atoms with Crippen molar-refractivity contribution in [3.63, 3.8) is 0 Å². The van der Waals surface area contributed by atoms with Crippen LogP contribution in [-0.4, -0.2) is 18.4 Å². The first-order valence-corrected chi connectivity index (χ1v) is 11.4. The molecule has 0 aromatic rings. The molecule has 0 spiro atoms. The molecule has 29 heavy (non-hydrogen) atoms. The predicted molar refractivity (Wildman–Crippen MR) is 119 cm³/mol. The van der Waals surface area contributed by atoms with E-state index in [4.69, 9.17) is 4.74 Å². The van der Waals surface area contributed by atoms with Gasteiger partial charge in [-0.25, -0.2) is 4.79 Å². The number of hydrogen-bond acceptors (Lipinski definition) is 3. The molecule has 0 amide bonds. The monoisotopic (exact) mass is 402 g/mol. The molecule has 3 saturated carbocycles. The molecule has 0 aromatic heterocycles. The first-order valence-electron chi connectivity index (χ1n) is 11.4. The Kier molecular flexibility index (Phi) is 7.93. The molecule has 0 bridgehead atoms. The maximum Gasteiger partial charge on any atom is 0.330 e. The molecular formula is C26H42O3. The number of allylic oxidation sites excluding steroid dienone is 2. The minimum atomic E-state index is -0.274. The molecule has 7 unspecified atom stereocenters. The number of ether oxygens (including phenoxy) is 1. The molecule has 0 radical (unpaired) electrons. The van der Waals surface area contributed by atoms with E-state index in [1.54, 1.807) is 0 Å². The summed E-state index contributed by atoms with van der Waals surface area (Å²) in [5.41, 5.74) is 1.49. The van der Waals surface area contributed by atoms with Crippen LogP contribution in [0.1, 0.15) is 80.1 Å². The zero-order valence-corrected chi connectivity index (χ0v) is 18.2. The van der Waals surface area contributed by atoms with E-state index in [0.29, 0.717) is 35.5 Å². The normalized spacial score (nSPS) is 42.3. The fraction of sp³-hybridized carbons (Fsp3) is 0.769. The number of aldehydes is 1. The zero-order valence-electron chi connectivity index (χ0n) is 18.2. The van der Waals surface area contributed by atoms with E-state index >= 15 is 0 Å². The average molecular weight is 403 g/mol. The van der Waals surface area contributed by atoms with Crippen molar-refractivity contribution >= 4 is 12.3 Å². The summed E-state index contributed by atoms with van der Waals surface area (Å²) in [6.07, 6.45) is 12.1. The van der Waals surface area contributed by atoms with Crippen LogP contribution in [0.2, 0.25) is 0 Å². The summed E-state index contributed by atoms with van der Waals surface area (Å²) >= 11 is 0. The molecule has 3 rings (SSSR count). The molecule has 0 aliphatic heterocycles. The second-order valence-electron chi connectivity index (χ2n) is 9.70. The summed E-state index contributed by atoms with van der Waals surface area (Å²) < 4.78 is 5.97. The Bertz CT molecular complexity index is 636. The third-order valence-electron chi connectivity index (χ3n) is 8.51. The lowest BCUT2D eigenvalue weighted by Gasteiger charge is -2.56. The minimum absolute atomic E-state index is 0. The topological polar surface area (TPSA) is 43.4 Å². The molecule has 3 fully saturated rings. The van der Waals surface area contributed by atoms with E-state index in [0.717, 1.165) is 38.4 Å².